The van der Waals surface area contributed by atoms with E-state index in [0.29, 0.717) is 12.3 Å². The Morgan fingerprint density at radius 3 is 2.44 bits per heavy atom. The van der Waals surface area contributed by atoms with Gasteiger partial charge in [-0.3, -0.25) is 4.79 Å². The number of aryl methyl sites for hydroxylation is 2. The van der Waals surface area contributed by atoms with Gasteiger partial charge in [0.15, 0.2) is 0 Å². The zero-order valence-corrected chi connectivity index (χ0v) is 11.8. The van der Waals surface area contributed by atoms with E-state index in [9.17, 15) is 4.79 Å². The Bertz CT molecular complexity index is 428. The molecule has 1 fully saturated rings. The molecule has 0 unspecified atom stereocenters. The first-order valence-electron chi connectivity index (χ1n) is 6.98. The molecule has 1 aromatic heterocycles. The first kappa shape index (κ1) is 13.2. The Balaban J connectivity index is 1.92. The lowest BCUT2D eigenvalue weighted by molar-refractivity contribution is -0.132. The van der Waals surface area contributed by atoms with E-state index in [1.807, 2.05) is 4.90 Å². The molecule has 1 aliphatic rings. The normalized spacial score (nSPS) is 16.1. The molecule has 100 valence electrons. The Labute approximate surface area is 110 Å². The van der Waals surface area contributed by atoms with Crippen LogP contribution in [0, 0.1) is 13.8 Å². The van der Waals surface area contributed by atoms with Crippen molar-refractivity contribution in [1.82, 2.24) is 9.47 Å². The zero-order valence-electron chi connectivity index (χ0n) is 11.8. The summed E-state index contributed by atoms with van der Waals surface area (Å²) in [6, 6.07) is 0. The van der Waals surface area contributed by atoms with E-state index in [1.54, 1.807) is 0 Å². The third-order valence-electron chi connectivity index (χ3n) is 4.13. The van der Waals surface area contributed by atoms with E-state index in [0.717, 1.165) is 19.5 Å². The van der Waals surface area contributed by atoms with Crippen LogP contribution in [0.1, 0.15) is 42.5 Å². The van der Waals surface area contributed by atoms with Gasteiger partial charge in [-0.25, -0.2) is 0 Å². The maximum absolute atomic E-state index is 12.1. The number of likely N-dealkylation sites (tertiary alicyclic amines) is 1. The average molecular weight is 248 g/mol. The number of hydrogen-bond acceptors (Lipinski definition) is 1. The van der Waals surface area contributed by atoms with Crippen molar-refractivity contribution in [3.63, 3.8) is 0 Å². The highest BCUT2D eigenvalue weighted by atomic mass is 16.2. The lowest BCUT2D eigenvalue weighted by Gasteiger charge is -2.26. The minimum absolute atomic E-state index is 0.331. The lowest BCUT2D eigenvalue weighted by atomic mass is 10.0. The number of hydrogen-bond donors (Lipinski definition) is 0. The van der Waals surface area contributed by atoms with Crippen molar-refractivity contribution in [2.24, 2.45) is 7.05 Å². The molecule has 18 heavy (non-hydrogen) atoms. The topological polar surface area (TPSA) is 25.2 Å². The molecule has 0 radical (unpaired) electrons. The Kier molecular flexibility index (Phi) is 4.10. The Morgan fingerprint density at radius 1 is 1.22 bits per heavy atom. The molecule has 3 heteroatoms. The molecular formula is C15H24N2O. The molecule has 0 N–H and O–H groups in total. The van der Waals surface area contributed by atoms with Gasteiger partial charge in [-0.1, -0.05) is 0 Å². The van der Waals surface area contributed by atoms with Crippen LogP contribution in [0.25, 0.3) is 0 Å². The van der Waals surface area contributed by atoms with Crippen LogP contribution in [0.15, 0.2) is 6.20 Å². The van der Waals surface area contributed by atoms with Crippen molar-refractivity contribution < 1.29 is 4.79 Å². The van der Waals surface area contributed by atoms with Crippen LogP contribution >= 0.6 is 0 Å². The molecule has 1 saturated heterocycles. The molecule has 1 aliphatic heterocycles. The van der Waals surface area contributed by atoms with Crippen LogP contribution in [0.3, 0.4) is 0 Å². The second-order valence-corrected chi connectivity index (χ2v) is 5.43. The van der Waals surface area contributed by atoms with Gasteiger partial charge in [0.05, 0.1) is 0 Å². The molecule has 0 atom stereocenters. The quantitative estimate of drug-likeness (QED) is 0.807. The largest absolute Gasteiger partial charge is 0.354 e. The van der Waals surface area contributed by atoms with Crippen molar-refractivity contribution in [3.05, 3.63) is 23.0 Å². The number of nitrogens with zero attached hydrogens (tertiary/aromatic N) is 2. The maximum Gasteiger partial charge on any atom is 0.222 e. The van der Waals surface area contributed by atoms with E-state index in [1.165, 1.54) is 36.1 Å². The maximum atomic E-state index is 12.1. The second-order valence-electron chi connectivity index (χ2n) is 5.43. The summed E-state index contributed by atoms with van der Waals surface area (Å²) in [4.78, 5) is 14.2. The summed E-state index contributed by atoms with van der Waals surface area (Å²) in [5.74, 6) is 0.331. The molecule has 2 rings (SSSR count). The predicted octanol–water partition coefficient (Wildman–Crippen LogP) is 2.59. The van der Waals surface area contributed by atoms with E-state index in [4.69, 9.17) is 0 Å². The van der Waals surface area contributed by atoms with Gasteiger partial charge in [0.1, 0.15) is 0 Å². The third kappa shape index (κ3) is 2.77. The minimum Gasteiger partial charge on any atom is -0.354 e. The van der Waals surface area contributed by atoms with Crippen molar-refractivity contribution in [1.29, 1.82) is 0 Å². The smallest absolute Gasteiger partial charge is 0.222 e. The highest BCUT2D eigenvalue weighted by Gasteiger charge is 2.17. The molecular weight excluding hydrogens is 224 g/mol. The molecule has 1 aromatic rings. The monoisotopic (exact) mass is 248 g/mol. The van der Waals surface area contributed by atoms with Crippen LogP contribution in [0.4, 0.5) is 0 Å². The minimum atomic E-state index is 0.331. The summed E-state index contributed by atoms with van der Waals surface area (Å²) >= 11 is 0. The van der Waals surface area contributed by atoms with Gasteiger partial charge in [-0.15, -0.1) is 0 Å². The number of aromatic nitrogens is 1. The van der Waals surface area contributed by atoms with Gasteiger partial charge in [0.2, 0.25) is 5.91 Å². The standard InChI is InChI=1S/C15H24N2O/c1-12-11-16(3)13(2)14(12)7-8-15(18)17-9-5-4-6-10-17/h11H,4-10H2,1-3H3. The Morgan fingerprint density at radius 2 is 1.89 bits per heavy atom. The summed E-state index contributed by atoms with van der Waals surface area (Å²) < 4.78 is 2.15. The van der Waals surface area contributed by atoms with Gasteiger partial charge >= 0.3 is 0 Å². The predicted molar refractivity (Wildman–Crippen MR) is 73.6 cm³/mol. The van der Waals surface area contributed by atoms with E-state index in [-0.39, 0.29) is 0 Å². The second kappa shape index (κ2) is 5.59. The van der Waals surface area contributed by atoms with Crippen LogP contribution in [0.5, 0.6) is 0 Å². The summed E-state index contributed by atoms with van der Waals surface area (Å²) in [5.41, 5.74) is 3.95. The zero-order chi connectivity index (χ0) is 13.1. The summed E-state index contributed by atoms with van der Waals surface area (Å²) in [5, 5.41) is 0. The fraction of sp³-hybridized carbons (Fsp3) is 0.667. The van der Waals surface area contributed by atoms with Gasteiger partial charge in [0.25, 0.3) is 0 Å². The van der Waals surface area contributed by atoms with Gasteiger partial charge in [0, 0.05) is 38.4 Å². The van der Waals surface area contributed by atoms with Crippen molar-refractivity contribution >= 4 is 5.91 Å². The number of rotatable bonds is 3. The molecule has 0 aromatic carbocycles. The Hall–Kier alpha value is -1.25. The van der Waals surface area contributed by atoms with E-state index >= 15 is 0 Å². The number of carbonyl (C=O) groups excluding carboxylic acids is 1. The average Bonchev–Trinajstić information content (AvgIpc) is 2.62. The summed E-state index contributed by atoms with van der Waals surface area (Å²) in [6.07, 6.45) is 7.32. The SMILES string of the molecule is Cc1cn(C)c(C)c1CCC(=O)N1CCCCC1. The van der Waals surface area contributed by atoms with Crippen molar-refractivity contribution in [2.45, 2.75) is 46.0 Å². The fourth-order valence-electron chi connectivity index (χ4n) is 2.87. The first-order valence-corrected chi connectivity index (χ1v) is 6.98. The van der Waals surface area contributed by atoms with Gasteiger partial charge in [-0.2, -0.15) is 0 Å². The summed E-state index contributed by atoms with van der Waals surface area (Å²) in [6.45, 7) is 6.19. The molecule has 0 spiro atoms. The van der Waals surface area contributed by atoms with Crippen LogP contribution in [0.2, 0.25) is 0 Å². The van der Waals surface area contributed by atoms with Crippen molar-refractivity contribution in [3.8, 4) is 0 Å². The van der Waals surface area contributed by atoms with Crippen molar-refractivity contribution in [2.75, 3.05) is 13.1 Å². The van der Waals surface area contributed by atoms with Crippen LogP contribution < -0.4 is 0 Å². The third-order valence-corrected chi connectivity index (χ3v) is 4.13. The molecule has 3 nitrogen and oxygen atoms in total. The van der Waals surface area contributed by atoms with Crippen LogP contribution in [-0.2, 0) is 18.3 Å². The van der Waals surface area contributed by atoms with Gasteiger partial charge < -0.3 is 9.47 Å². The first-order chi connectivity index (χ1) is 8.59. The number of amides is 1. The number of piperidine rings is 1. The van der Waals surface area contributed by atoms with E-state index < -0.39 is 0 Å². The molecule has 1 amide bonds. The highest BCUT2D eigenvalue weighted by Crippen LogP contribution is 2.18. The van der Waals surface area contributed by atoms with Gasteiger partial charge in [-0.05, 0) is 50.7 Å². The molecule has 0 saturated carbocycles. The molecule has 0 aliphatic carbocycles. The fourth-order valence-corrected chi connectivity index (χ4v) is 2.87. The number of carbonyl (C=O) groups is 1. The molecule has 0 bridgehead atoms. The highest BCUT2D eigenvalue weighted by molar-refractivity contribution is 5.76. The van der Waals surface area contributed by atoms with E-state index in [2.05, 4.69) is 31.7 Å². The lowest BCUT2D eigenvalue weighted by Crippen LogP contribution is -2.35. The summed E-state index contributed by atoms with van der Waals surface area (Å²) in [7, 11) is 2.07. The van der Waals surface area contributed by atoms with Crippen LogP contribution in [-0.4, -0.2) is 28.5 Å². The molecule has 2 heterocycles.